The van der Waals surface area contributed by atoms with Crippen molar-refractivity contribution in [3.05, 3.63) is 11.6 Å². The maximum absolute atomic E-state index is 4.52. The van der Waals surface area contributed by atoms with Crippen molar-refractivity contribution in [1.29, 1.82) is 0 Å². The maximum atomic E-state index is 4.52. The third kappa shape index (κ3) is 1.54. The van der Waals surface area contributed by atoms with Gasteiger partial charge in [-0.3, -0.25) is 4.68 Å². The van der Waals surface area contributed by atoms with E-state index in [4.69, 9.17) is 0 Å². The van der Waals surface area contributed by atoms with Crippen molar-refractivity contribution >= 4 is 0 Å². The Balaban J connectivity index is 2.32. The minimum absolute atomic E-state index is 0.161. The molecule has 1 aliphatic heterocycles. The van der Waals surface area contributed by atoms with E-state index in [1.54, 1.807) is 0 Å². The maximum Gasteiger partial charge on any atom is 0.147 e. The Kier molecular flexibility index (Phi) is 2.31. The van der Waals surface area contributed by atoms with Crippen molar-refractivity contribution in [3.8, 4) is 0 Å². The molecule has 1 aliphatic rings. The first kappa shape index (κ1) is 9.65. The SMILES string of the molecule is Cc1nc(C2(C)CCCNC2)n(C)n1. The van der Waals surface area contributed by atoms with Gasteiger partial charge in [-0.15, -0.1) is 0 Å². The Morgan fingerprint density at radius 2 is 2.29 bits per heavy atom. The molecule has 0 amide bonds. The Hall–Kier alpha value is -0.900. The number of piperidine rings is 1. The number of hydrogen-bond acceptors (Lipinski definition) is 3. The van der Waals surface area contributed by atoms with Crippen LogP contribution in [0.3, 0.4) is 0 Å². The largest absolute Gasteiger partial charge is 0.316 e. The third-order valence-electron chi connectivity index (χ3n) is 3.01. The molecule has 1 aromatic heterocycles. The second-order valence-corrected chi connectivity index (χ2v) is 4.45. The van der Waals surface area contributed by atoms with Crippen LogP contribution in [-0.2, 0) is 12.5 Å². The minimum Gasteiger partial charge on any atom is -0.316 e. The van der Waals surface area contributed by atoms with Crippen LogP contribution in [0, 0.1) is 6.92 Å². The number of aryl methyl sites for hydroxylation is 2. The lowest BCUT2D eigenvalue weighted by Crippen LogP contribution is -2.42. The Bertz CT molecular complexity index is 323. The summed E-state index contributed by atoms with van der Waals surface area (Å²) < 4.78 is 1.92. The van der Waals surface area contributed by atoms with E-state index in [2.05, 4.69) is 22.3 Å². The number of aromatic nitrogens is 3. The van der Waals surface area contributed by atoms with Gasteiger partial charge in [0.25, 0.3) is 0 Å². The zero-order valence-corrected chi connectivity index (χ0v) is 9.17. The standard InChI is InChI=1S/C10H18N4/c1-8-12-9(14(3)13-8)10(2)5-4-6-11-7-10/h11H,4-7H2,1-3H3. The van der Waals surface area contributed by atoms with Crippen molar-refractivity contribution in [1.82, 2.24) is 20.1 Å². The smallest absolute Gasteiger partial charge is 0.147 e. The highest BCUT2D eigenvalue weighted by Crippen LogP contribution is 2.28. The zero-order valence-electron chi connectivity index (χ0n) is 9.17. The van der Waals surface area contributed by atoms with E-state index in [9.17, 15) is 0 Å². The molecule has 0 bridgehead atoms. The first-order valence-corrected chi connectivity index (χ1v) is 5.21. The van der Waals surface area contributed by atoms with Gasteiger partial charge in [-0.1, -0.05) is 6.92 Å². The van der Waals surface area contributed by atoms with Gasteiger partial charge in [0.2, 0.25) is 0 Å². The van der Waals surface area contributed by atoms with Crippen molar-refractivity contribution in [3.63, 3.8) is 0 Å². The van der Waals surface area contributed by atoms with E-state index in [1.807, 2.05) is 18.7 Å². The fraction of sp³-hybridized carbons (Fsp3) is 0.800. The summed E-state index contributed by atoms with van der Waals surface area (Å²) in [5.41, 5.74) is 0.161. The quantitative estimate of drug-likeness (QED) is 0.718. The van der Waals surface area contributed by atoms with Crippen LogP contribution in [0.4, 0.5) is 0 Å². The van der Waals surface area contributed by atoms with Gasteiger partial charge in [0.15, 0.2) is 0 Å². The van der Waals surface area contributed by atoms with E-state index in [1.165, 1.54) is 12.8 Å². The predicted octanol–water partition coefficient (Wildman–Crippen LogP) is 0.765. The minimum atomic E-state index is 0.161. The van der Waals surface area contributed by atoms with Crippen LogP contribution in [0.2, 0.25) is 0 Å². The zero-order chi connectivity index (χ0) is 10.2. The fourth-order valence-electron chi connectivity index (χ4n) is 2.29. The topological polar surface area (TPSA) is 42.7 Å². The summed E-state index contributed by atoms with van der Waals surface area (Å²) in [5.74, 6) is 1.98. The molecule has 14 heavy (non-hydrogen) atoms. The number of hydrogen-bond donors (Lipinski definition) is 1. The fourth-order valence-corrected chi connectivity index (χ4v) is 2.29. The average Bonchev–Trinajstić information content (AvgIpc) is 2.47. The Morgan fingerprint density at radius 3 is 2.79 bits per heavy atom. The Labute approximate surface area is 84.7 Å². The van der Waals surface area contributed by atoms with Crippen LogP contribution in [0.15, 0.2) is 0 Å². The molecule has 1 unspecified atom stereocenters. The van der Waals surface area contributed by atoms with E-state index in [0.29, 0.717) is 0 Å². The first-order valence-electron chi connectivity index (χ1n) is 5.21. The lowest BCUT2D eigenvalue weighted by molar-refractivity contribution is 0.314. The molecule has 1 saturated heterocycles. The summed E-state index contributed by atoms with van der Waals surface area (Å²) in [7, 11) is 1.98. The molecular weight excluding hydrogens is 176 g/mol. The second-order valence-electron chi connectivity index (χ2n) is 4.45. The van der Waals surface area contributed by atoms with Crippen molar-refractivity contribution in [2.45, 2.75) is 32.1 Å². The van der Waals surface area contributed by atoms with Gasteiger partial charge in [-0.05, 0) is 26.3 Å². The summed E-state index contributed by atoms with van der Waals surface area (Å²) >= 11 is 0. The number of nitrogens with zero attached hydrogens (tertiary/aromatic N) is 3. The molecule has 0 aromatic carbocycles. The van der Waals surface area contributed by atoms with Gasteiger partial charge in [0.1, 0.15) is 11.6 Å². The molecule has 4 nitrogen and oxygen atoms in total. The monoisotopic (exact) mass is 194 g/mol. The van der Waals surface area contributed by atoms with Crippen LogP contribution < -0.4 is 5.32 Å². The highest BCUT2D eigenvalue weighted by atomic mass is 15.3. The van der Waals surface area contributed by atoms with Crippen LogP contribution in [-0.4, -0.2) is 27.9 Å². The lowest BCUT2D eigenvalue weighted by Gasteiger charge is -2.32. The molecule has 78 valence electrons. The molecule has 0 saturated carbocycles. The van der Waals surface area contributed by atoms with E-state index in [0.717, 1.165) is 24.7 Å². The highest BCUT2D eigenvalue weighted by molar-refractivity contribution is 5.10. The summed E-state index contributed by atoms with van der Waals surface area (Å²) in [4.78, 5) is 4.52. The Morgan fingerprint density at radius 1 is 1.50 bits per heavy atom. The average molecular weight is 194 g/mol. The van der Waals surface area contributed by atoms with Crippen LogP contribution in [0.25, 0.3) is 0 Å². The predicted molar refractivity (Wildman–Crippen MR) is 55.2 cm³/mol. The van der Waals surface area contributed by atoms with Gasteiger partial charge < -0.3 is 5.32 Å². The van der Waals surface area contributed by atoms with E-state index in [-0.39, 0.29) is 5.41 Å². The summed E-state index contributed by atoms with van der Waals surface area (Å²) in [6.45, 7) is 6.36. The molecular formula is C10H18N4. The van der Waals surface area contributed by atoms with E-state index < -0.39 is 0 Å². The summed E-state index contributed by atoms with van der Waals surface area (Å²) in [6, 6.07) is 0. The van der Waals surface area contributed by atoms with Crippen LogP contribution in [0.5, 0.6) is 0 Å². The van der Waals surface area contributed by atoms with Gasteiger partial charge in [-0.2, -0.15) is 5.10 Å². The highest BCUT2D eigenvalue weighted by Gasteiger charge is 2.33. The van der Waals surface area contributed by atoms with Crippen molar-refractivity contribution in [2.24, 2.45) is 7.05 Å². The summed E-state index contributed by atoms with van der Waals surface area (Å²) in [5, 5.41) is 7.74. The summed E-state index contributed by atoms with van der Waals surface area (Å²) in [6.07, 6.45) is 2.42. The molecule has 2 heterocycles. The molecule has 1 fully saturated rings. The molecule has 1 N–H and O–H groups in total. The lowest BCUT2D eigenvalue weighted by atomic mass is 9.82. The van der Waals surface area contributed by atoms with Gasteiger partial charge in [0.05, 0.1) is 0 Å². The third-order valence-corrected chi connectivity index (χ3v) is 3.01. The van der Waals surface area contributed by atoms with Gasteiger partial charge in [-0.25, -0.2) is 4.98 Å². The molecule has 4 heteroatoms. The van der Waals surface area contributed by atoms with Crippen molar-refractivity contribution < 1.29 is 0 Å². The molecule has 1 aromatic rings. The molecule has 1 atom stereocenters. The van der Waals surface area contributed by atoms with Crippen LogP contribution in [0.1, 0.15) is 31.4 Å². The van der Waals surface area contributed by atoms with Gasteiger partial charge in [0, 0.05) is 19.0 Å². The molecule has 2 rings (SSSR count). The normalized spacial score (nSPS) is 27.9. The molecule has 0 aliphatic carbocycles. The van der Waals surface area contributed by atoms with Crippen molar-refractivity contribution in [2.75, 3.05) is 13.1 Å². The molecule has 0 radical (unpaired) electrons. The number of nitrogens with one attached hydrogen (secondary N) is 1. The van der Waals surface area contributed by atoms with E-state index >= 15 is 0 Å². The second kappa shape index (κ2) is 3.35. The molecule has 0 spiro atoms. The number of rotatable bonds is 1. The first-order chi connectivity index (χ1) is 6.62. The van der Waals surface area contributed by atoms with Gasteiger partial charge >= 0.3 is 0 Å². The van der Waals surface area contributed by atoms with Crippen LogP contribution >= 0.6 is 0 Å².